The van der Waals surface area contributed by atoms with E-state index < -0.39 is 0 Å². The number of nitrogens with zero attached hydrogens (tertiary/aromatic N) is 1. The summed E-state index contributed by atoms with van der Waals surface area (Å²) in [6.45, 7) is 0. The zero-order valence-corrected chi connectivity index (χ0v) is 9.67. The molecule has 3 heteroatoms. The van der Waals surface area contributed by atoms with Crippen molar-refractivity contribution in [2.24, 2.45) is 0 Å². The van der Waals surface area contributed by atoms with Crippen LogP contribution in [-0.4, -0.2) is 10.7 Å². The van der Waals surface area contributed by atoms with E-state index in [1.807, 2.05) is 30.4 Å². The van der Waals surface area contributed by atoms with Gasteiger partial charge in [-0.25, -0.2) is 0 Å². The van der Waals surface area contributed by atoms with Gasteiger partial charge in [-0.2, -0.15) is 12.6 Å². The van der Waals surface area contributed by atoms with Crippen LogP contribution in [-0.2, 0) is 0 Å². The van der Waals surface area contributed by atoms with Crippen molar-refractivity contribution in [1.82, 2.24) is 4.98 Å². The average Bonchev–Trinajstić information content (AvgIpc) is 2.26. The SMILES string of the molecule is SCC=Cc1ccc2c(Cl)ccnc2c1. The van der Waals surface area contributed by atoms with E-state index in [0.29, 0.717) is 0 Å². The van der Waals surface area contributed by atoms with Crippen molar-refractivity contribution in [3.8, 4) is 0 Å². The highest BCUT2D eigenvalue weighted by molar-refractivity contribution is 7.80. The summed E-state index contributed by atoms with van der Waals surface area (Å²) >= 11 is 10.2. The number of fused-ring (bicyclic) bond motifs is 1. The van der Waals surface area contributed by atoms with Gasteiger partial charge in [-0.05, 0) is 17.7 Å². The molecule has 0 radical (unpaired) electrons. The molecule has 0 aliphatic heterocycles. The van der Waals surface area contributed by atoms with Crippen LogP contribution in [0.4, 0.5) is 0 Å². The van der Waals surface area contributed by atoms with Gasteiger partial charge in [-0.1, -0.05) is 35.9 Å². The first kappa shape index (κ1) is 10.5. The van der Waals surface area contributed by atoms with Crippen LogP contribution < -0.4 is 0 Å². The Hall–Kier alpha value is -0.990. The lowest BCUT2D eigenvalue weighted by atomic mass is 10.1. The molecule has 76 valence electrons. The minimum atomic E-state index is 0.737. The van der Waals surface area contributed by atoms with Gasteiger partial charge in [-0.3, -0.25) is 4.98 Å². The van der Waals surface area contributed by atoms with Gasteiger partial charge in [0.25, 0.3) is 0 Å². The van der Waals surface area contributed by atoms with E-state index in [4.69, 9.17) is 11.6 Å². The Morgan fingerprint density at radius 1 is 1.33 bits per heavy atom. The van der Waals surface area contributed by atoms with Crippen LogP contribution in [0.1, 0.15) is 5.56 Å². The molecule has 0 amide bonds. The summed E-state index contributed by atoms with van der Waals surface area (Å²) in [4.78, 5) is 4.27. The van der Waals surface area contributed by atoms with Crippen LogP contribution >= 0.6 is 24.2 Å². The van der Waals surface area contributed by atoms with Gasteiger partial charge in [0, 0.05) is 17.3 Å². The summed E-state index contributed by atoms with van der Waals surface area (Å²) in [5.74, 6) is 0.737. The Kier molecular flexibility index (Phi) is 3.29. The lowest BCUT2D eigenvalue weighted by Crippen LogP contribution is -1.80. The van der Waals surface area contributed by atoms with Crippen LogP contribution in [0.15, 0.2) is 36.5 Å². The third-order valence-electron chi connectivity index (χ3n) is 2.13. The van der Waals surface area contributed by atoms with E-state index in [1.54, 1.807) is 12.3 Å². The number of thiol groups is 1. The molecule has 1 nitrogen and oxygen atoms in total. The molecular weight excluding hydrogens is 226 g/mol. The smallest absolute Gasteiger partial charge is 0.0722 e. The molecule has 0 atom stereocenters. The first-order valence-corrected chi connectivity index (χ1v) is 5.64. The van der Waals surface area contributed by atoms with Crippen molar-refractivity contribution >= 4 is 41.2 Å². The predicted molar refractivity (Wildman–Crippen MR) is 69.6 cm³/mol. The normalized spacial score (nSPS) is 11.3. The van der Waals surface area contributed by atoms with Gasteiger partial charge in [-0.15, -0.1) is 0 Å². The van der Waals surface area contributed by atoms with Crippen molar-refractivity contribution < 1.29 is 0 Å². The minimum Gasteiger partial charge on any atom is -0.256 e. The highest BCUT2D eigenvalue weighted by Gasteiger charge is 1.99. The van der Waals surface area contributed by atoms with E-state index in [2.05, 4.69) is 17.6 Å². The molecule has 0 unspecified atom stereocenters. The average molecular weight is 236 g/mol. The fourth-order valence-corrected chi connectivity index (χ4v) is 1.74. The molecule has 0 aliphatic carbocycles. The molecule has 0 bridgehead atoms. The predicted octanol–water partition coefficient (Wildman–Crippen LogP) is 3.83. The molecule has 15 heavy (non-hydrogen) atoms. The number of pyridine rings is 1. The zero-order valence-electron chi connectivity index (χ0n) is 8.02. The Labute approximate surface area is 99.2 Å². The second-order valence-corrected chi connectivity index (χ2v) is 3.93. The van der Waals surface area contributed by atoms with E-state index in [-0.39, 0.29) is 0 Å². The quantitative estimate of drug-likeness (QED) is 0.781. The monoisotopic (exact) mass is 235 g/mol. The highest BCUT2D eigenvalue weighted by Crippen LogP contribution is 2.22. The molecule has 2 aromatic rings. The number of rotatable bonds is 2. The maximum Gasteiger partial charge on any atom is 0.0722 e. The summed E-state index contributed by atoms with van der Waals surface area (Å²) in [7, 11) is 0. The topological polar surface area (TPSA) is 12.9 Å². The zero-order chi connectivity index (χ0) is 10.7. The molecule has 0 spiro atoms. The number of halogens is 1. The molecular formula is C12H10ClNS. The van der Waals surface area contributed by atoms with Crippen molar-refractivity contribution in [2.75, 3.05) is 5.75 Å². The second-order valence-electron chi connectivity index (χ2n) is 3.15. The third kappa shape index (κ3) is 2.33. The first-order valence-electron chi connectivity index (χ1n) is 4.63. The Bertz CT molecular complexity index is 508. The third-order valence-corrected chi connectivity index (χ3v) is 2.67. The number of benzene rings is 1. The summed E-state index contributed by atoms with van der Waals surface area (Å²) in [5, 5.41) is 1.73. The Morgan fingerprint density at radius 2 is 2.20 bits per heavy atom. The van der Waals surface area contributed by atoms with E-state index in [9.17, 15) is 0 Å². The van der Waals surface area contributed by atoms with Gasteiger partial charge >= 0.3 is 0 Å². The number of hydrogen-bond acceptors (Lipinski definition) is 2. The maximum atomic E-state index is 6.04. The van der Waals surface area contributed by atoms with Gasteiger partial charge in [0.2, 0.25) is 0 Å². The summed E-state index contributed by atoms with van der Waals surface area (Å²) in [6.07, 6.45) is 5.74. The summed E-state index contributed by atoms with van der Waals surface area (Å²) in [6, 6.07) is 7.83. The van der Waals surface area contributed by atoms with Crippen molar-refractivity contribution in [3.05, 3.63) is 47.1 Å². The molecule has 0 N–H and O–H groups in total. The minimum absolute atomic E-state index is 0.737. The number of hydrogen-bond donors (Lipinski definition) is 1. The van der Waals surface area contributed by atoms with Gasteiger partial charge < -0.3 is 0 Å². The van der Waals surface area contributed by atoms with Crippen molar-refractivity contribution in [1.29, 1.82) is 0 Å². The van der Waals surface area contributed by atoms with Crippen molar-refractivity contribution in [2.45, 2.75) is 0 Å². The largest absolute Gasteiger partial charge is 0.256 e. The molecule has 0 saturated heterocycles. The van der Waals surface area contributed by atoms with Gasteiger partial charge in [0.1, 0.15) is 0 Å². The number of aromatic nitrogens is 1. The van der Waals surface area contributed by atoms with Crippen LogP contribution in [0.5, 0.6) is 0 Å². The Morgan fingerprint density at radius 3 is 3.00 bits per heavy atom. The Balaban J connectivity index is 2.52. The van der Waals surface area contributed by atoms with Crippen LogP contribution in [0.2, 0.25) is 5.02 Å². The summed E-state index contributed by atoms with van der Waals surface area (Å²) < 4.78 is 0. The molecule has 0 fully saturated rings. The fourth-order valence-electron chi connectivity index (χ4n) is 1.42. The second kappa shape index (κ2) is 4.69. The first-order chi connectivity index (χ1) is 7.31. The molecule has 1 heterocycles. The van der Waals surface area contributed by atoms with Crippen LogP contribution in [0, 0.1) is 0 Å². The molecule has 1 aromatic carbocycles. The standard InChI is InChI=1S/C12H10ClNS/c13-11-5-6-14-12-8-9(2-1-7-15)3-4-10(11)12/h1-6,8,15H,7H2. The van der Waals surface area contributed by atoms with Gasteiger partial charge in [0.15, 0.2) is 0 Å². The van der Waals surface area contributed by atoms with Gasteiger partial charge in [0.05, 0.1) is 10.5 Å². The van der Waals surface area contributed by atoms with Crippen LogP contribution in [0.25, 0.3) is 17.0 Å². The lowest BCUT2D eigenvalue weighted by molar-refractivity contribution is 1.41. The van der Waals surface area contributed by atoms with Crippen molar-refractivity contribution in [3.63, 3.8) is 0 Å². The maximum absolute atomic E-state index is 6.04. The van der Waals surface area contributed by atoms with E-state index >= 15 is 0 Å². The molecule has 2 rings (SSSR count). The summed E-state index contributed by atoms with van der Waals surface area (Å²) in [5.41, 5.74) is 2.04. The molecule has 1 aromatic heterocycles. The lowest BCUT2D eigenvalue weighted by Gasteiger charge is -2.00. The molecule has 0 aliphatic rings. The van der Waals surface area contributed by atoms with E-state index in [1.165, 1.54) is 0 Å². The van der Waals surface area contributed by atoms with E-state index in [0.717, 1.165) is 27.2 Å². The fraction of sp³-hybridized carbons (Fsp3) is 0.0833. The van der Waals surface area contributed by atoms with Crippen LogP contribution in [0.3, 0.4) is 0 Å². The molecule has 0 saturated carbocycles. The highest BCUT2D eigenvalue weighted by atomic mass is 35.5.